The van der Waals surface area contributed by atoms with Crippen LogP contribution in [0.2, 0.25) is 0 Å². The summed E-state index contributed by atoms with van der Waals surface area (Å²) in [6, 6.07) is 32.1. The standard InChI is InChI=1S/C47H54N2P2/c50-47(42-13-7-15-48-42,43-14-8-16-49-43)41-23-39(37-9-3-1-4-10-37)44(38-11-5-2-6-12-38)40(41)30-51(45-24-31-17-32(25-45)19-33(18-31)26-45)46-27-34-20-35(28-46)22-36(21-34)29-46/h1-16,23,31-36,44,48-49H,17-22,24-30,50H2. The van der Waals surface area contributed by atoms with Crippen molar-refractivity contribution in [3.05, 3.63) is 137 Å². The molecule has 2 heterocycles. The van der Waals surface area contributed by atoms with Crippen LogP contribution in [0.4, 0.5) is 0 Å². The van der Waals surface area contributed by atoms with Crippen molar-refractivity contribution in [1.29, 1.82) is 0 Å². The highest BCUT2D eigenvalue weighted by Gasteiger charge is 2.63. The number of aromatic amines is 2. The van der Waals surface area contributed by atoms with Crippen molar-refractivity contribution in [1.82, 2.24) is 9.97 Å². The summed E-state index contributed by atoms with van der Waals surface area (Å²) in [5.74, 6) is 6.23. The first-order valence-electron chi connectivity index (χ1n) is 20.4. The monoisotopic (exact) mass is 708 g/mol. The molecule has 4 heteroatoms. The van der Waals surface area contributed by atoms with Gasteiger partial charge in [-0.15, -0.1) is 9.24 Å². The first kappa shape index (κ1) is 31.8. The van der Waals surface area contributed by atoms with Crippen LogP contribution in [-0.4, -0.2) is 26.4 Å². The highest BCUT2D eigenvalue weighted by atomic mass is 31.1. The highest BCUT2D eigenvalue weighted by molar-refractivity contribution is 7.61. The van der Waals surface area contributed by atoms with Crippen molar-refractivity contribution >= 4 is 22.7 Å². The maximum atomic E-state index is 3.74. The zero-order valence-corrected chi connectivity index (χ0v) is 32.1. The molecule has 2 nitrogen and oxygen atoms in total. The summed E-state index contributed by atoms with van der Waals surface area (Å²) in [7, 11) is 3.20. The molecule has 2 N–H and O–H groups in total. The fourth-order valence-electron chi connectivity index (χ4n) is 14.5. The lowest BCUT2D eigenvalue weighted by atomic mass is 9.55. The Morgan fingerprint density at radius 1 is 0.588 bits per heavy atom. The zero-order valence-electron chi connectivity index (χ0n) is 30.1. The Balaban J connectivity index is 1.15. The second kappa shape index (κ2) is 11.9. The molecular weight excluding hydrogens is 654 g/mol. The Hall–Kier alpha value is -2.66. The predicted molar refractivity (Wildman–Crippen MR) is 216 cm³/mol. The van der Waals surface area contributed by atoms with Gasteiger partial charge in [-0.3, -0.25) is 0 Å². The van der Waals surface area contributed by atoms with Gasteiger partial charge in [0.05, 0.1) is 5.16 Å². The second-order valence-corrected chi connectivity index (χ2v) is 22.5. The van der Waals surface area contributed by atoms with Gasteiger partial charge in [0.1, 0.15) is 0 Å². The fraction of sp³-hybridized carbons (Fsp3) is 0.489. The van der Waals surface area contributed by atoms with Gasteiger partial charge >= 0.3 is 0 Å². The first-order valence-corrected chi connectivity index (χ1v) is 22.5. The average Bonchev–Trinajstić information content (AvgIpc) is 3.93. The quantitative estimate of drug-likeness (QED) is 0.162. The van der Waals surface area contributed by atoms with E-state index in [0.29, 0.717) is 10.3 Å². The van der Waals surface area contributed by atoms with E-state index >= 15 is 0 Å². The Labute approximate surface area is 308 Å². The number of allylic oxidation sites excluding steroid dienone is 4. The number of hydrogen-bond acceptors (Lipinski definition) is 0. The number of H-pyrrole nitrogens is 2. The molecule has 2 unspecified atom stereocenters. The molecule has 0 spiro atoms. The molecular formula is C47H54N2P2. The normalized spacial score (nSPS) is 37.0. The van der Waals surface area contributed by atoms with Gasteiger partial charge in [0.2, 0.25) is 0 Å². The van der Waals surface area contributed by atoms with Gasteiger partial charge in [-0.25, -0.2) is 0 Å². The topological polar surface area (TPSA) is 31.6 Å². The Kier molecular flexibility index (Phi) is 7.44. The van der Waals surface area contributed by atoms with E-state index in [1.54, 1.807) is 44.1 Å². The minimum atomic E-state index is -0.393. The third-order valence-electron chi connectivity index (χ3n) is 15.5. The number of nitrogens with one attached hydrogen (secondary N) is 2. The van der Waals surface area contributed by atoms with Gasteiger partial charge in [-0.05, 0) is 181 Å². The van der Waals surface area contributed by atoms with E-state index in [-0.39, 0.29) is 13.8 Å². The van der Waals surface area contributed by atoms with Gasteiger partial charge in [0.25, 0.3) is 0 Å². The third-order valence-corrected chi connectivity index (χ3v) is 20.5. The molecule has 0 amide bonds. The molecule has 13 rings (SSSR count). The molecule has 8 saturated carbocycles. The van der Waals surface area contributed by atoms with Crippen molar-refractivity contribution in [2.75, 3.05) is 6.16 Å². The van der Waals surface area contributed by atoms with Crippen molar-refractivity contribution in [2.24, 2.45) is 35.5 Å². The van der Waals surface area contributed by atoms with Crippen LogP contribution in [0.5, 0.6) is 0 Å². The minimum absolute atomic E-state index is 0.234. The van der Waals surface area contributed by atoms with E-state index in [4.69, 9.17) is 0 Å². The number of aromatic nitrogens is 2. The summed E-state index contributed by atoms with van der Waals surface area (Å²) in [6.45, 7) is 0. The van der Waals surface area contributed by atoms with Crippen LogP contribution in [0.1, 0.15) is 105 Å². The van der Waals surface area contributed by atoms with Crippen LogP contribution in [-0.2, 0) is 5.16 Å². The molecule has 4 aromatic rings. The number of rotatable bonds is 9. The first-order chi connectivity index (χ1) is 25.0. The molecule has 2 aromatic carbocycles. The smallest absolute Gasteiger partial charge is 0.0889 e. The van der Waals surface area contributed by atoms with E-state index in [9.17, 15) is 0 Å². The largest absolute Gasteiger partial charge is 0.364 e. The molecule has 9 aliphatic rings. The van der Waals surface area contributed by atoms with Crippen molar-refractivity contribution < 1.29 is 0 Å². The Bertz CT molecular complexity index is 1800. The summed E-state index contributed by atoms with van der Waals surface area (Å²) >= 11 is 0. The molecule has 2 atom stereocenters. The maximum Gasteiger partial charge on any atom is 0.0889 e. The van der Waals surface area contributed by atoms with Gasteiger partial charge < -0.3 is 9.97 Å². The van der Waals surface area contributed by atoms with Gasteiger partial charge in [0, 0.05) is 29.7 Å². The molecule has 0 aliphatic heterocycles. The van der Waals surface area contributed by atoms with E-state index < -0.39 is 5.16 Å². The van der Waals surface area contributed by atoms with E-state index in [1.165, 1.54) is 78.3 Å². The third kappa shape index (κ3) is 5.01. The summed E-state index contributed by atoms with van der Waals surface area (Å²) in [5, 5.41) is 0.760. The molecule has 8 fully saturated rings. The molecule has 9 aliphatic carbocycles. The number of hydrogen-bond donors (Lipinski definition) is 2. The van der Waals surface area contributed by atoms with Gasteiger partial charge in [-0.2, -0.15) is 0 Å². The van der Waals surface area contributed by atoms with Crippen LogP contribution in [0, 0.1) is 35.5 Å². The molecule has 0 saturated heterocycles. The summed E-state index contributed by atoms with van der Waals surface area (Å²) in [6.07, 6.45) is 26.7. The Morgan fingerprint density at radius 2 is 1.04 bits per heavy atom. The summed E-state index contributed by atoms with van der Waals surface area (Å²) in [4.78, 5) is 7.49. The fourth-order valence-corrected chi connectivity index (χ4v) is 20.4. The van der Waals surface area contributed by atoms with Crippen molar-refractivity contribution in [3.8, 4) is 0 Å². The second-order valence-electron chi connectivity index (χ2n) is 18.6. The highest BCUT2D eigenvalue weighted by Crippen LogP contribution is 2.80. The molecule has 2 aromatic heterocycles. The maximum absolute atomic E-state index is 3.74. The van der Waals surface area contributed by atoms with Gasteiger partial charge in [-0.1, -0.05) is 74.7 Å². The van der Waals surface area contributed by atoms with Crippen LogP contribution >= 0.6 is 17.2 Å². The lowest BCUT2D eigenvalue weighted by Crippen LogP contribution is -2.57. The minimum Gasteiger partial charge on any atom is -0.364 e. The molecule has 8 bridgehead atoms. The molecule has 0 radical (unpaired) electrons. The number of benzene rings is 2. The lowest BCUT2D eigenvalue weighted by Gasteiger charge is -2.68. The molecule has 51 heavy (non-hydrogen) atoms. The summed E-state index contributed by atoms with van der Waals surface area (Å²) < 4.78 is 0. The molecule has 262 valence electrons. The summed E-state index contributed by atoms with van der Waals surface area (Å²) in [5.41, 5.74) is 10.1. The van der Waals surface area contributed by atoms with E-state index in [0.717, 1.165) is 35.5 Å². The van der Waals surface area contributed by atoms with Crippen LogP contribution < -0.4 is 0 Å². The van der Waals surface area contributed by atoms with Crippen LogP contribution in [0.3, 0.4) is 0 Å². The van der Waals surface area contributed by atoms with E-state index in [1.807, 2.05) is 0 Å². The van der Waals surface area contributed by atoms with Crippen molar-refractivity contribution in [2.45, 2.75) is 98.4 Å². The SMILES string of the molecule is PC(C1=C(CP(C23CC4CC(CC(C4)C2)C3)C23CC4CC(CC(C4)C2)C3)C(c2ccccc2)C(c2ccccc2)=C1)(c1ccc[nH]1)c1ccc[nH]1. The van der Waals surface area contributed by atoms with Gasteiger partial charge in [0.15, 0.2) is 0 Å². The van der Waals surface area contributed by atoms with Crippen LogP contribution in [0.15, 0.2) is 115 Å². The van der Waals surface area contributed by atoms with Crippen molar-refractivity contribution in [3.63, 3.8) is 0 Å². The Morgan fingerprint density at radius 3 is 1.47 bits per heavy atom. The average molecular weight is 709 g/mol. The van der Waals surface area contributed by atoms with E-state index in [2.05, 4.69) is 123 Å². The van der Waals surface area contributed by atoms with Crippen LogP contribution in [0.25, 0.3) is 5.57 Å². The lowest BCUT2D eigenvalue weighted by molar-refractivity contribution is 0.0187. The predicted octanol–water partition coefficient (Wildman–Crippen LogP) is 12.1. The zero-order chi connectivity index (χ0) is 33.8.